The third-order valence-corrected chi connectivity index (χ3v) is 5.74. The van der Waals surface area contributed by atoms with E-state index in [4.69, 9.17) is 5.73 Å². The van der Waals surface area contributed by atoms with Crippen LogP contribution in [-0.2, 0) is 9.84 Å². The van der Waals surface area contributed by atoms with Gasteiger partial charge in [-0.05, 0) is 47.0 Å². The Morgan fingerprint density at radius 1 is 1.32 bits per heavy atom. The van der Waals surface area contributed by atoms with E-state index in [1.165, 1.54) is 0 Å². The SMILES string of the molecule is C[C@@H](N)c1ccc(N2CCCS(=O)(=O)CC2)c(Br)c1. The fourth-order valence-corrected chi connectivity index (χ4v) is 4.16. The van der Waals surface area contributed by atoms with E-state index in [0.717, 1.165) is 22.3 Å². The summed E-state index contributed by atoms with van der Waals surface area (Å²) in [7, 11) is -2.87. The second kappa shape index (κ2) is 5.81. The molecule has 106 valence electrons. The number of nitrogens with zero attached hydrogens (tertiary/aromatic N) is 1. The van der Waals surface area contributed by atoms with Gasteiger partial charge in [0.15, 0.2) is 9.84 Å². The highest BCUT2D eigenvalue weighted by molar-refractivity contribution is 9.10. The molecule has 0 spiro atoms. The molecule has 6 heteroatoms. The number of hydrogen-bond acceptors (Lipinski definition) is 4. The predicted molar refractivity (Wildman–Crippen MR) is 82.2 cm³/mol. The molecule has 1 heterocycles. The summed E-state index contributed by atoms with van der Waals surface area (Å²) in [6.07, 6.45) is 0.684. The summed E-state index contributed by atoms with van der Waals surface area (Å²) in [4.78, 5) is 2.12. The van der Waals surface area contributed by atoms with E-state index in [2.05, 4.69) is 20.8 Å². The van der Waals surface area contributed by atoms with Crippen molar-refractivity contribution in [1.82, 2.24) is 0 Å². The highest BCUT2D eigenvalue weighted by atomic mass is 79.9. The van der Waals surface area contributed by atoms with Gasteiger partial charge in [-0.1, -0.05) is 6.07 Å². The van der Waals surface area contributed by atoms with Gasteiger partial charge in [0.05, 0.1) is 17.2 Å². The summed E-state index contributed by atoms with van der Waals surface area (Å²) >= 11 is 3.56. The molecule has 2 N–H and O–H groups in total. The Morgan fingerprint density at radius 2 is 2.05 bits per heavy atom. The topological polar surface area (TPSA) is 63.4 Å². The van der Waals surface area contributed by atoms with Crippen LogP contribution in [0.1, 0.15) is 24.9 Å². The van der Waals surface area contributed by atoms with Crippen molar-refractivity contribution in [3.05, 3.63) is 28.2 Å². The lowest BCUT2D eigenvalue weighted by Crippen LogP contribution is -2.27. The summed E-state index contributed by atoms with van der Waals surface area (Å²) in [6.45, 7) is 3.27. The molecule has 0 radical (unpaired) electrons. The maximum absolute atomic E-state index is 11.6. The fraction of sp³-hybridized carbons (Fsp3) is 0.538. The predicted octanol–water partition coefficient (Wildman–Crippen LogP) is 2.09. The molecule has 1 aliphatic heterocycles. The molecule has 2 rings (SSSR count). The normalized spacial score (nSPS) is 20.9. The van der Waals surface area contributed by atoms with E-state index in [0.29, 0.717) is 18.7 Å². The quantitative estimate of drug-likeness (QED) is 0.890. The third kappa shape index (κ3) is 3.70. The first-order valence-corrected chi connectivity index (χ1v) is 9.01. The second-order valence-electron chi connectivity index (χ2n) is 4.99. The number of benzene rings is 1. The maximum atomic E-state index is 11.6. The number of sulfone groups is 1. The van der Waals surface area contributed by atoms with Gasteiger partial charge in [-0.3, -0.25) is 0 Å². The molecule has 1 fully saturated rings. The van der Waals surface area contributed by atoms with Gasteiger partial charge in [-0.2, -0.15) is 0 Å². The Balaban J connectivity index is 2.22. The molecule has 0 aliphatic carbocycles. The molecule has 0 bridgehead atoms. The lowest BCUT2D eigenvalue weighted by atomic mass is 10.1. The molecular weight excluding hydrogens is 328 g/mol. The first-order valence-electron chi connectivity index (χ1n) is 6.39. The molecule has 4 nitrogen and oxygen atoms in total. The molecule has 19 heavy (non-hydrogen) atoms. The summed E-state index contributed by atoms with van der Waals surface area (Å²) in [5.41, 5.74) is 7.97. The van der Waals surface area contributed by atoms with Crippen molar-refractivity contribution >= 4 is 31.5 Å². The molecule has 1 aromatic carbocycles. The average Bonchev–Trinajstić information content (AvgIpc) is 2.50. The zero-order valence-electron chi connectivity index (χ0n) is 11.0. The number of anilines is 1. The molecule has 1 saturated heterocycles. The van der Waals surface area contributed by atoms with Crippen LogP contribution >= 0.6 is 15.9 Å². The molecule has 0 unspecified atom stereocenters. The first-order chi connectivity index (χ1) is 8.89. The van der Waals surface area contributed by atoms with Crippen molar-refractivity contribution in [2.45, 2.75) is 19.4 Å². The van der Waals surface area contributed by atoms with E-state index in [1.54, 1.807) is 0 Å². The van der Waals surface area contributed by atoms with Crippen molar-refractivity contribution in [3.63, 3.8) is 0 Å². The molecule has 0 saturated carbocycles. The summed E-state index contributed by atoms with van der Waals surface area (Å²) in [5.74, 6) is 0.521. The fourth-order valence-electron chi connectivity index (χ4n) is 2.24. The maximum Gasteiger partial charge on any atom is 0.152 e. The molecule has 1 atom stereocenters. The molecule has 0 amide bonds. The minimum atomic E-state index is -2.87. The minimum absolute atomic E-state index is 0.00476. The van der Waals surface area contributed by atoms with Crippen LogP contribution in [-0.4, -0.2) is 33.0 Å². The van der Waals surface area contributed by atoms with Crippen molar-refractivity contribution in [3.8, 4) is 0 Å². The van der Waals surface area contributed by atoms with Crippen LogP contribution in [0.5, 0.6) is 0 Å². The van der Waals surface area contributed by atoms with Crippen LogP contribution in [0.2, 0.25) is 0 Å². The van der Waals surface area contributed by atoms with E-state index < -0.39 is 9.84 Å². The number of rotatable bonds is 2. The van der Waals surface area contributed by atoms with E-state index in [-0.39, 0.29) is 11.8 Å². The lowest BCUT2D eigenvalue weighted by Gasteiger charge is -2.24. The van der Waals surface area contributed by atoms with Crippen molar-refractivity contribution in [1.29, 1.82) is 0 Å². The minimum Gasteiger partial charge on any atom is -0.370 e. The largest absolute Gasteiger partial charge is 0.370 e. The van der Waals surface area contributed by atoms with Gasteiger partial charge in [0.1, 0.15) is 0 Å². The Kier molecular flexibility index (Phi) is 4.53. The van der Waals surface area contributed by atoms with Crippen molar-refractivity contribution in [2.75, 3.05) is 29.5 Å². The van der Waals surface area contributed by atoms with E-state index in [1.807, 2.05) is 25.1 Å². The highest BCUT2D eigenvalue weighted by Gasteiger charge is 2.20. The van der Waals surface area contributed by atoms with Crippen LogP contribution in [0, 0.1) is 0 Å². The molecule has 1 aliphatic rings. The van der Waals surface area contributed by atoms with Gasteiger partial charge in [-0.25, -0.2) is 8.42 Å². The highest BCUT2D eigenvalue weighted by Crippen LogP contribution is 2.29. The van der Waals surface area contributed by atoms with Crippen LogP contribution in [0.15, 0.2) is 22.7 Å². The smallest absolute Gasteiger partial charge is 0.152 e. The Morgan fingerprint density at radius 3 is 2.68 bits per heavy atom. The van der Waals surface area contributed by atoms with E-state index >= 15 is 0 Å². The monoisotopic (exact) mass is 346 g/mol. The van der Waals surface area contributed by atoms with Gasteiger partial charge in [0.25, 0.3) is 0 Å². The standard InChI is InChI=1S/C13H19BrN2O2S/c1-10(15)11-3-4-13(12(14)9-11)16-5-2-7-19(17,18)8-6-16/h3-4,9-10H,2,5-8,15H2,1H3/t10-/m1/s1. The van der Waals surface area contributed by atoms with Crippen LogP contribution in [0.4, 0.5) is 5.69 Å². The zero-order chi connectivity index (χ0) is 14.0. The Hall–Kier alpha value is -0.590. The third-order valence-electron chi connectivity index (χ3n) is 3.39. The zero-order valence-corrected chi connectivity index (χ0v) is 13.4. The van der Waals surface area contributed by atoms with Crippen molar-refractivity contribution in [2.24, 2.45) is 5.73 Å². The van der Waals surface area contributed by atoms with Crippen molar-refractivity contribution < 1.29 is 8.42 Å². The van der Waals surface area contributed by atoms with Gasteiger partial charge in [0, 0.05) is 23.6 Å². The molecule has 0 aromatic heterocycles. The van der Waals surface area contributed by atoms with E-state index in [9.17, 15) is 8.42 Å². The lowest BCUT2D eigenvalue weighted by molar-refractivity contribution is 0.597. The van der Waals surface area contributed by atoms with Gasteiger partial charge < -0.3 is 10.6 Å². The summed E-state index contributed by atoms with van der Waals surface area (Å²) in [5, 5.41) is 0. The Bertz CT molecular complexity index is 558. The Labute approximate surface area is 123 Å². The van der Waals surface area contributed by atoms with Crippen LogP contribution in [0.3, 0.4) is 0 Å². The number of halogens is 1. The van der Waals surface area contributed by atoms with Crippen LogP contribution < -0.4 is 10.6 Å². The van der Waals surface area contributed by atoms with Gasteiger partial charge in [0.2, 0.25) is 0 Å². The summed E-state index contributed by atoms with van der Waals surface area (Å²) < 4.78 is 24.2. The molecule has 1 aromatic rings. The van der Waals surface area contributed by atoms with Gasteiger partial charge >= 0.3 is 0 Å². The molecular formula is C13H19BrN2O2S. The number of hydrogen-bond donors (Lipinski definition) is 1. The first kappa shape index (κ1) is 14.8. The average molecular weight is 347 g/mol. The number of nitrogens with two attached hydrogens (primary N) is 1. The van der Waals surface area contributed by atoms with Gasteiger partial charge in [-0.15, -0.1) is 0 Å². The van der Waals surface area contributed by atoms with Crippen LogP contribution in [0.25, 0.3) is 0 Å². The second-order valence-corrected chi connectivity index (χ2v) is 8.15. The summed E-state index contributed by atoms with van der Waals surface area (Å²) in [6, 6.07) is 6.03.